The van der Waals surface area contributed by atoms with Crippen molar-refractivity contribution < 1.29 is 4.52 Å². The summed E-state index contributed by atoms with van der Waals surface area (Å²) in [5.41, 5.74) is 0. The highest BCUT2D eigenvalue weighted by atomic mass is 16.5. The van der Waals surface area contributed by atoms with Gasteiger partial charge in [0.2, 0.25) is 11.7 Å². The van der Waals surface area contributed by atoms with Gasteiger partial charge < -0.3 is 9.84 Å². The van der Waals surface area contributed by atoms with E-state index in [1.54, 1.807) is 0 Å². The van der Waals surface area contributed by atoms with Crippen LogP contribution in [-0.2, 0) is 6.42 Å². The fourth-order valence-electron chi connectivity index (χ4n) is 2.11. The van der Waals surface area contributed by atoms with Gasteiger partial charge in [0.05, 0.1) is 0 Å². The topological polar surface area (TPSA) is 92.5 Å². The van der Waals surface area contributed by atoms with Gasteiger partial charge in [-0.3, -0.25) is 5.10 Å². The monoisotopic (exact) mass is 278 g/mol. The predicted octanol–water partition coefficient (Wildman–Crippen LogP) is 1.81. The zero-order valence-corrected chi connectivity index (χ0v) is 12.3. The van der Waals surface area contributed by atoms with Gasteiger partial charge in [-0.15, -0.1) is 0 Å². The molecule has 7 nitrogen and oxygen atoms in total. The molecule has 0 amide bonds. The lowest BCUT2D eigenvalue weighted by atomic mass is 10.0. The minimum atomic E-state index is 0.359. The van der Waals surface area contributed by atoms with Gasteiger partial charge in [-0.2, -0.15) is 10.1 Å². The van der Waals surface area contributed by atoms with Crippen LogP contribution in [0.1, 0.15) is 39.5 Å². The molecule has 0 saturated heterocycles. The van der Waals surface area contributed by atoms with Crippen molar-refractivity contribution >= 4 is 0 Å². The van der Waals surface area contributed by atoms with Crippen LogP contribution in [0.15, 0.2) is 10.9 Å². The Bertz CT molecular complexity index is 493. The summed E-state index contributed by atoms with van der Waals surface area (Å²) in [5.74, 6) is 2.24. The Balaban J connectivity index is 1.99. The zero-order valence-electron chi connectivity index (χ0n) is 12.3. The molecule has 0 bridgehead atoms. The van der Waals surface area contributed by atoms with Crippen molar-refractivity contribution in [1.82, 2.24) is 30.6 Å². The molecule has 0 aliphatic rings. The van der Waals surface area contributed by atoms with Gasteiger partial charge in [-0.05, 0) is 25.3 Å². The normalized spacial score (nSPS) is 13.0. The molecule has 1 atom stereocenters. The maximum absolute atomic E-state index is 5.29. The Morgan fingerprint density at radius 2 is 2.25 bits per heavy atom. The van der Waals surface area contributed by atoms with Crippen LogP contribution in [0.4, 0.5) is 0 Å². The number of nitrogens with zero attached hydrogens (tertiary/aromatic N) is 4. The molecular formula is C13H22N6O. The average molecular weight is 278 g/mol. The van der Waals surface area contributed by atoms with Crippen LogP contribution >= 0.6 is 0 Å². The summed E-state index contributed by atoms with van der Waals surface area (Å²) in [6, 6.07) is 0.359. The molecule has 2 N–H and O–H groups in total. The Hall–Kier alpha value is -1.76. The number of aromatic amines is 1. The molecule has 2 rings (SSSR count). The lowest BCUT2D eigenvalue weighted by Gasteiger charge is -2.18. The molecule has 7 heteroatoms. The number of hydrogen-bond donors (Lipinski definition) is 2. The van der Waals surface area contributed by atoms with Crippen molar-refractivity contribution in [3.05, 3.63) is 12.2 Å². The second-order valence-corrected chi connectivity index (χ2v) is 5.33. The minimum absolute atomic E-state index is 0.359. The van der Waals surface area contributed by atoms with E-state index < -0.39 is 0 Å². The van der Waals surface area contributed by atoms with E-state index in [4.69, 9.17) is 4.52 Å². The number of nitrogens with one attached hydrogen (secondary N) is 2. The quantitative estimate of drug-likeness (QED) is 0.765. The summed E-state index contributed by atoms with van der Waals surface area (Å²) in [6.45, 7) is 7.59. The van der Waals surface area contributed by atoms with Gasteiger partial charge in [-0.25, -0.2) is 4.98 Å². The van der Waals surface area contributed by atoms with Crippen molar-refractivity contribution in [2.75, 3.05) is 6.54 Å². The average Bonchev–Trinajstić information content (AvgIpc) is 3.05. The molecular weight excluding hydrogens is 256 g/mol. The van der Waals surface area contributed by atoms with Gasteiger partial charge in [0.15, 0.2) is 5.82 Å². The molecule has 0 spiro atoms. The van der Waals surface area contributed by atoms with E-state index >= 15 is 0 Å². The number of hydrogen-bond acceptors (Lipinski definition) is 6. The Labute approximate surface area is 118 Å². The van der Waals surface area contributed by atoms with Gasteiger partial charge in [0.25, 0.3) is 0 Å². The van der Waals surface area contributed by atoms with Crippen molar-refractivity contribution in [3.63, 3.8) is 0 Å². The van der Waals surface area contributed by atoms with Crippen molar-refractivity contribution in [2.45, 2.75) is 46.1 Å². The van der Waals surface area contributed by atoms with Crippen LogP contribution in [0, 0.1) is 5.92 Å². The molecule has 0 saturated carbocycles. The van der Waals surface area contributed by atoms with E-state index in [0.717, 1.165) is 25.8 Å². The van der Waals surface area contributed by atoms with E-state index in [-0.39, 0.29) is 0 Å². The molecule has 2 aromatic rings. The standard InChI is InChI=1S/C13H22N6O/c1-4-5-14-10(6-9(2)3)7-11-17-13(19-20-11)12-15-8-16-18-12/h8-10,14H,4-7H2,1-3H3,(H,15,16,18). The lowest BCUT2D eigenvalue weighted by Crippen LogP contribution is -2.33. The molecule has 0 aliphatic heterocycles. The molecule has 0 fully saturated rings. The molecule has 110 valence electrons. The first-order chi connectivity index (χ1) is 9.69. The maximum atomic E-state index is 5.29. The van der Waals surface area contributed by atoms with Gasteiger partial charge in [0.1, 0.15) is 6.33 Å². The minimum Gasteiger partial charge on any atom is -0.339 e. The Kier molecular flexibility index (Phi) is 5.23. The summed E-state index contributed by atoms with van der Waals surface area (Å²) < 4.78 is 5.29. The maximum Gasteiger partial charge on any atom is 0.239 e. The summed E-state index contributed by atoms with van der Waals surface area (Å²) in [6.07, 6.45) is 4.36. The van der Waals surface area contributed by atoms with Gasteiger partial charge in [-0.1, -0.05) is 25.9 Å². The van der Waals surface area contributed by atoms with Gasteiger partial charge >= 0.3 is 0 Å². The highest BCUT2D eigenvalue weighted by molar-refractivity contribution is 5.39. The summed E-state index contributed by atoms with van der Waals surface area (Å²) in [4.78, 5) is 8.37. The number of rotatable bonds is 8. The van der Waals surface area contributed by atoms with E-state index in [1.807, 2.05) is 0 Å². The second-order valence-electron chi connectivity index (χ2n) is 5.33. The number of H-pyrrole nitrogens is 1. The third kappa shape index (κ3) is 4.12. The molecule has 20 heavy (non-hydrogen) atoms. The smallest absolute Gasteiger partial charge is 0.239 e. The van der Waals surface area contributed by atoms with Crippen LogP contribution in [0.2, 0.25) is 0 Å². The fraction of sp³-hybridized carbons (Fsp3) is 0.692. The largest absolute Gasteiger partial charge is 0.339 e. The molecule has 1 unspecified atom stereocenters. The summed E-state index contributed by atoms with van der Waals surface area (Å²) in [5, 5.41) is 14.0. The zero-order chi connectivity index (χ0) is 14.4. The van der Waals surface area contributed by atoms with E-state index in [9.17, 15) is 0 Å². The highest BCUT2D eigenvalue weighted by Gasteiger charge is 2.17. The van der Waals surface area contributed by atoms with Crippen molar-refractivity contribution in [3.8, 4) is 11.6 Å². The van der Waals surface area contributed by atoms with Crippen molar-refractivity contribution in [2.24, 2.45) is 5.92 Å². The third-order valence-corrected chi connectivity index (χ3v) is 2.95. The van der Waals surface area contributed by atoms with E-state index in [1.165, 1.54) is 6.33 Å². The summed E-state index contributed by atoms with van der Waals surface area (Å²) >= 11 is 0. The van der Waals surface area contributed by atoms with E-state index in [2.05, 4.69) is 51.4 Å². The van der Waals surface area contributed by atoms with E-state index in [0.29, 0.717) is 29.5 Å². The lowest BCUT2D eigenvalue weighted by molar-refractivity contribution is 0.338. The van der Waals surface area contributed by atoms with Gasteiger partial charge in [0, 0.05) is 12.5 Å². The molecule has 2 aromatic heterocycles. The highest BCUT2D eigenvalue weighted by Crippen LogP contribution is 2.13. The predicted molar refractivity (Wildman–Crippen MR) is 74.9 cm³/mol. The molecule has 0 radical (unpaired) electrons. The first-order valence-electron chi connectivity index (χ1n) is 7.10. The van der Waals surface area contributed by atoms with Crippen molar-refractivity contribution in [1.29, 1.82) is 0 Å². The van der Waals surface area contributed by atoms with Crippen LogP contribution < -0.4 is 5.32 Å². The molecule has 0 aliphatic carbocycles. The molecule has 2 heterocycles. The fourth-order valence-corrected chi connectivity index (χ4v) is 2.11. The third-order valence-electron chi connectivity index (χ3n) is 2.95. The van der Waals surface area contributed by atoms with Crippen LogP contribution in [0.25, 0.3) is 11.6 Å². The van der Waals surface area contributed by atoms with Crippen LogP contribution in [0.5, 0.6) is 0 Å². The first-order valence-corrected chi connectivity index (χ1v) is 7.10. The van der Waals surface area contributed by atoms with Crippen LogP contribution in [-0.4, -0.2) is 37.9 Å². The second kappa shape index (κ2) is 7.14. The number of aromatic nitrogens is 5. The Morgan fingerprint density at radius 1 is 1.40 bits per heavy atom. The summed E-state index contributed by atoms with van der Waals surface area (Å²) in [7, 11) is 0. The first kappa shape index (κ1) is 14.6. The SMILES string of the molecule is CCCNC(Cc1nc(-c2ncn[nH]2)no1)CC(C)C. The van der Waals surface area contributed by atoms with Crippen LogP contribution in [0.3, 0.4) is 0 Å². The molecule has 0 aromatic carbocycles. The Morgan fingerprint density at radius 3 is 2.90 bits per heavy atom.